The zero-order valence-electron chi connectivity index (χ0n) is 11.8. The Morgan fingerprint density at radius 2 is 1.82 bits per heavy atom. The third-order valence-electron chi connectivity index (χ3n) is 4.70. The minimum absolute atomic E-state index is 0.914. The first kappa shape index (κ1) is 13.4. The third-order valence-corrected chi connectivity index (χ3v) is 4.70. The Morgan fingerprint density at radius 1 is 1.06 bits per heavy atom. The van der Waals surface area contributed by atoms with E-state index >= 15 is 0 Å². The zero-order chi connectivity index (χ0) is 12.1. The van der Waals surface area contributed by atoms with Crippen LogP contribution in [0.2, 0.25) is 0 Å². The molecule has 1 aliphatic carbocycles. The second-order valence-electron chi connectivity index (χ2n) is 6.35. The molecular weight excluding hydrogens is 208 g/mol. The number of nitrogens with zero attached hydrogens (tertiary/aromatic N) is 1. The second-order valence-corrected chi connectivity index (χ2v) is 6.35. The number of hydrogen-bond acceptors (Lipinski definition) is 2. The average molecular weight is 238 g/mol. The maximum atomic E-state index is 3.49. The quantitative estimate of drug-likeness (QED) is 0.792. The van der Waals surface area contributed by atoms with Crippen molar-refractivity contribution in [3.05, 3.63) is 0 Å². The molecule has 0 aromatic rings. The van der Waals surface area contributed by atoms with E-state index in [1.165, 1.54) is 58.3 Å². The highest BCUT2D eigenvalue weighted by atomic mass is 15.1. The third kappa shape index (κ3) is 4.26. The predicted octanol–water partition coefficient (Wildman–Crippen LogP) is 2.74. The molecule has 2 fully saturated rings. The van der Waals surface area contributed by atoms with Gasteiger partial charge in [0.15, 0.2) is 0 Å². The van der Waals surface area contributed by atoms with Crippen LogP contribution in [0.4, 0.5) is 0 Å². The fourth-order valence-corrected chi connectivity index (χ4v) is 3.47. The first-order valence-corrected chi connectivity index (χ1v) is 7.71. The molecule has 2 aliphatic rings. The second kappa shape index (κ2) is 6.75. The molecule has 2 rings (SSSR count). The largest absolute Gasteiger partial charge is 0.317 e. The minimum Gasteiger partial charge on any atom is -0.317 e. The summed E-state index contributed by atoms with van der Waals surface area (Å²) in [6.07, 6.45) is 7.32. The molecule has 17 heavy (non-hydrogen) atoms. The van der Waals surface area contributed by atoms with Gasteiger partial charge in [0.05, 0.1) is 0 Å². The molecule has 1 saturated carbocycles. The van der Waals surface area contributed by atoms with Gasteiger partial charge in [-0.1, -0.05) is 26.7 Å². The van der Waals surface area contributed by atoms with Gasteiger partial charge >= 0.3 is 0 Å². The predicted molar refractivity (Wildman–Crippen MR) is 74.2 cm³/mol. The summed E-state index contributed by atoms with van der Waals surface area (Å²) in [5.41, 5.74) is 0. The summed E-state index contributed by atoms with van der Waals surface area (Å²) in [6, 6.07) is 0. The van der Waals surface area contributed by atoms with Crippen molar-refractivity contribution in [2.75, 3.05) is 32.7 Å². The van der Waals surface area contributed by atoms with Gasteiger partial charge in [-0.2, -0.15) is 0 Å². The highest BCUT2D eigenvalue weighted by Crippen LogP contribution is 2.30. The number of likely N-dealkylation sites (tertiary alicyclic amines) is 1. The Balaban J connectivity index is 1.64. The lowest BCUT2D eigenvalue weighted by Gasteiger charge is -2.29. The van der Waals surface area contributed by atoms with Crippen LogP contribution in [0.25, 0.3) is 0 Å². The summed E-state index contributed by atoms with van der Waals surface area (Å²) >= 11 is 0. The lowest BCUT2D eigenvalue weighted by Crippen LogP contribution is -2.31. The first-order valence-electron chi connectivity index (χ1n) is 7.71. The van der Waals surface area contributed by atoms with E-state index in [4.69, 9.17) is 0 Å². The van der Waals surface area contributed by atoms with Crippen molar-refractivity contribution in [3.8, 4) is 0 Å². The molecule has 0 spiro atoms. The van der Waals surface area contributed by atoms with Gasteiger partial charge < -0.3 is 10.2 Å². The van der Waals surface area contributed by atoms with Crippen molar-refractivity contribution in [3.63, 3.8) is 0 Å². The molecule has 1 unspecified atom stereocenters. The Morgan fingerprint density at radius 3 is 2.53 bits per heavy atom. The van der Waals surface area contributed by atoms with E-state index in [9.17, 15) is 0 Å². The summed E-state index contributed by atoms with van der Waals surface area (Å²) in [7, 11) is 0. The molecular formula is C15H30N2. The fourth-order valence-electron chi connectivity index (χ4n) is 3.47. The van der Waals surface area contributed by atoms with Crippen molar-refractivity contribution < 1.29 is 0 Å². The van der Waals surface area contributed by atoms with Crippen LogP contribution in [-0.2, 0) is 0 Å². The van der Waals surface area contributed by atoms with Gasteiger partial charge in [0, 0.05) is 13.1 Å². The van der Waals surface area contributed by atoms with Gasteiger partial charge in [-0.25, -0.2) is 0 Å². The average Bonchev–Trinajstić information content (AvgIpc) is 2.77. The standard InChI is InChI=1S/C15H30N2/c1-3-16-10-15-8-9-17(12-15)11-14-6-4-13(2)5-7-14/h13-16H,3-12H2,1-2H3. The van der Waals surface area contributed by atoms with E-state index in [1.807, 2.05) is 0 Å². The molecule has 1 N–H and O–H groups in total. The van der Waals surface area contributed by atoms with Gasteiger partial charge in [0.25, 0.3) is 0 Å². The minimum atomic E-state index is 0.914. The topological polar surface area (TPSA) is 15.3 Å². The SMILES string of the molecule is CCNCC1CCN(CC2CCC(C)CC2)C1. The van der Waals surface area contributed by atoms with E-state index < -0.39 is 0 Å². The molecule has 0 radical (unpaired) electrons. The molecule has 1 atom stereocenters. The normalized spacial score (nSPS) is 35.3. The highest BCUT2D eigenvalue weighted by Gasteiger charge is 2.26. The zero-order valence-corrected chi connectivity index (χ0v) is 11.8. The fraction of sp³-hybridized carbons (Fsp3) is 1.00. The van der Waals surface area contributed by atoms with Crippen LogP contribution in [0.15, 0.2) is 0 Å². The molecule has 0 aromatic heterocycles. The van der Waals surface area contributed by atoms with Gasteiger partial charge in [-0.05, 0) is 56.7 Å². The lowest BCUT2D eigenvalue weighted by molar-refractivity contribution is 0.205. The Hall–Kier alpha value is -0.0800. The van der Waals surface area contributed by atoms with Crippen molar-refractivity contribution in [1.82, 2.24) is 10.2 Å². The molecule has 0 amide bonds. The maximum absolute atomic E-state index is 3.49. The number of rotatable bonds is 5. The van der Waals surface area contributed by atoms with Crippen LogP contribution in [0.3, 0.4) is 0 Å². The summed E-state index contributed by atoms with van der Waals surface area (Å²) in [4.78, 5) is 2.72. The van der Waals surface area contributed by atoms with Crippen molar-refractivity contribution in [1.29, 1.82) is 0 Å². The van der Waals surface area contributed by atoms with Gasteiger partial charge in [0.2, 0.25) is 0 Å². The Labute approximate surface area is 107 Å². The molecule has 1 heterocycles. The van der Waals surface area contributed by atoms with Crippen LogP contribution >= 0.6 is 0 Å². The van der Waals surface area contributed by atoms with E-state index in [2.05, 4.69) is 24.1 Å². The Kier molecular flexibility index (Phi) is 5.30. The molecule has 100 valence electrons. The van der Waals surface area contributed by atoms with Crippen molar-refractivity contribution in [2.45, 2.75) is 46.0 Å². The van der Waals surface area contributed by atoms with Crippen LogP contribution in [0.5, 0.6) is 0 Å². The van der Waals surface area contributed by atoms with E-state index in [0.29, 0.717) is 0 Å². The number of hydrogen-bond donors (Lipinski definition) is 1. The lowest BCUT2D eigenvalue weighted by atomic mass is 9.83. The molecule has 0 bridgehead atoms. The summed E-state index contributed by atoms with van der Waals surface area (Å²) < 4.78 is 0. The molecule has 2 nitrogen and oxygen atoms in total. The van der Waals surface area contributed by atoms with E-state index in [-0.39, 0.29) is 0 Å². The van der Waals surface area contributed by atoms with Crippen LogP contribution in [0.1, 0.15) is 46.0 Å². The smallest absolute Gasteiger partial charge is 0.00224 e. The molecule has 1 saturated heterocycles. The highest BCUT2D eigenvalue weighted by molar-refractivity contribution is 4.80. The van der Waals surface area contributed by atoms with Crippen LogP contribution < -0.4 is 5.32 Å². The molecule has 0 aromatic carbocycles. The van der Waals surface area contributed by atoms with Gasteiger partial charge in [0.1, 0.15) is 0 Å². The summed E-state index contributed by atoms with van der Waals surface area (Å²) in [6.45, 7) is 11.1. The maximum Gasteiger partial charge on any atom is 0.00224 e. The van der Waals surface area contributed by atoms with Crippen molar-refractivity contribution >= 4 is 0 Å². The first-order chi connectivity index (χ1) is 8.28. The van der Waals surface area contributed by atoms with E-state index in [0.717, 1.165) is 24.3 Å². The molecule has 2 heteroatoms. The summed E-state index contributed by atoms with van der Waals surface area (Å²) in [5.74, 6) is 2.91. The van der Waals surface area contributed by atoms with E-state index in [1.54, 1.807) is 0 Å². The van der Waals surface area contributed by atoms with Crippen LogP contribution in [-0.4, -0.2) is 37.6 Å². The Bertz CT molecular complexity index is 209. The summed E-state index contributed by atoms with van der Waals surface area (Å²) in [5, 5.41) is 3.49. The van der Waals surface area contributed by atoms with Crippen molar-refractivity contribution in [2.24, 2.45) is 17.8 Å². The van der Waals surface area contributed by atoms with Gasteiger partial charge in [-0.15, -0.1) is 0 Å². The molecule has 1 aliphatic heterocycles. The number of nitrogens with one attached hydrogen (secondary N) is 1. The monoisotopic (exact) mass is 238 g/mol. The van der Waals surface area contributed by atoms with Crippen LogP contribution in [0, 0.1) is 17.8 Å². The van der Waals surface area contributed by atoms with Gasteiger partial charge in [-0.3, -0.25) is 0 Å².